The van der Waals surface area contributed by atoms with Crippen LogP contribution in [0.3, 0.4) is 0 Å². The average Bonchev–Trinajstić information content (AvgIpc) is 2.68. The van der Waals surface area contributed by atoms with Gasteiger partial charge in [0.25, 0.3) is 0 Å². The van der Waals surface area contributed by atoms with Crippen molar-refractivity contribution >= 4 is 16.8 Å². The summed E-state index contributed by atoms with van der Waals surface area (Å²) in [5, 5.41) is 3.41. The topological polar surface area (TPSA) is 37.0 Å². The first kappa shape index (κ1) is 24.3. The Morgan fingerprint density at radius 2 is 1.65 bits per heavy atom. The van der Waals surface area contributed by atoms with Gasteiger partial charge in [-0.1, -0.05) is 20.8 Å². The first-order valence-electron chi connectivity index (χ1n) is 10.8. The van der Waals surface area contributed by atoms with E-state index in [-0.39, 0.29) is 0 Å². The highest BCUT2D eigenvalue weighted by Crippen LogP contribution is 2.25. The second-order valence-electron chi connectivity index (χ2n) is 7.94. The highest BCUT2D eigenvalue weighted by molar-refractivity contribution is 6.77. The van der Waals surface area contributed by atoms with E-state index >= 15 is 0 Å². The van der Waals surface area contributed by atoms with Crippen LogP contribution in [0, 0.1) is 0 Å². The van der Waals surface area contributed by atoms with Crippen LogP contribution in [-0.2, 0) is 8.85 Å². The van der Waals surface area contributed by atoms with Crippen LogP contribution in [0.4, 0.5) is 0 Å². The van der Waals surface area contributed by atoms with Gasteiger partial charge in [-0.25, -0.2) is 0 Å². The van der Waals surface area contributed by atoms with Crippen molar-refractivity contribution in [3.63, 3.8) is 0 Å². The van der Waals surface area contributed by atoms with Gasteiger partial charge in [-0.05, 0) is 57.2 Å². The first-order chi connectivity index (χ1) is 12.4. The van der Waals surface area contributed by atoms with Crippen LogP contribution < -0.4 is 5.32 Å². The van der Waals surface area contributed by atoms with Crippen LogP contribution in [0.1, 0.15) is 33.6 Å². The molecule has 156 valence electrons. The molecule has 0 spiro atoms. The Kier molecular flexibility index (Phi) is 11.8. The minimum atomic E-state index is -2.01. The summed E-state index contributed by atoms with van der Waals surface area (Å²) in [6, 6.07) is 5.18. The molecule has 1 heterocycles. The Balaban J connectivity index is 2.30. The van der Waals surface area contributed by atoms with E-state index in [0.717, 1.165) is 38.7 Å². The van der Waals surface area contributed by atoms with Crippen LogP contribution in [0.2, 0.25) is 30.7 Å². The van der Waals surface area contributed by atoms with E-state index in [1.807, 2.05) is 7.11 Å². The third kappa shape index (κ3) is 7.69. The zero-order valence-electron chi connectivity index (χ0n) is 18.4. The van der Waals surface area contributed by atoms with Gasteiger partial charge in [-0.2, -0.15) is 0 Å². The minimum Gasteiger partial charge on any atom is -0.398 e. The molecular formula is C19H45N3O2Si2. The fraction of sp³-hybridized carbons (Fsp3) is 1.00. The highest BCUT2D eigenvalue weighted by Gasteiger charge is 2.33. The normalized spacial score (nSPS) is 19.0. The summed E-state index contributed by atoms with van der Waals surface area (Å²) in [4.78, 5) is 2.53. The summed E-state index contributed by atoms with van der Waals surface area (Å²) in [6.07, 6.45) is 2.31. The second-order valence-corrected chi connectivity index (χ2v) is 16.7. The SMILES string of the molecule is CC[Si](CC)(CC)N(C)CCC[Si](C)(OC)OCCCN1CCNCC1. The summed E-state index contributed by atoms with van der Waals surface area (Å²) >= 11 is 0. The zero-order chi connectivity index (χ0) is 19.5. The van der Waals surface area contributed by atoms with Crippen molar-refractivity contribution in [1.29, 1.82) is 0 Å². The smallest absolute Gasteiger partial charge is 0.334 e. The van der Waals surface area contributed by atoms with Crippen molar-refractivity contribution in [2.75, 3.05) is 60.0 Å². The predicted octanol–water partition coefficient (Wildman–Crippen LogP) is 3.34. The molecule has 0 radical (unpaired) electrons. The number of nitrogens with zero attached hydrogens (tertiary/aromatic N) is 2. The summed E-state index contributed by atoms with van der Waals surface area (Å²) in [5.74, 6) is 0. The molecular weight excluding hydrogens is 358 g/mol. The summed E-state index contributed by atoms with van der Waals surface area (Å²) in [6.45, 7) is 17.1. The molecule has 1 unspecified atom stereocenters. The minimum absolute atomic E-state index is 0.841. The zero-order valence-corrected chi connectivity index (χ0v) is 20.4. The quantitative estimate of drug-likeness (QED) is 0.356. The van der Waals surface area contributed by atoms with Gasteiger partial charge in [0.2, 0.25) is 0 Å². The molecule has 0 aromatic carbocycles. The molecule has 1 saturated heterocycles. The number of rotatable bonds is 14. The van der Waals surface area contributed by atoms with Crippen LogP contribution in [0.5, 0.6) is 0 Å². The predicted molar refractivity (Wildman–Crippen MR) is 118 cm³/mol. The van der Waals surface area contributed by atoms with Gasteiger partial charge in [-0.15, -0.1) is 0 Å². The van der Waals surface area contributed by atoms with Gasteiger partial charge in [0.15, 0.2) is 0 Å². The number of piperazine rings is 1. The molecule has 1 N–H and O–H groups in total. The van der Waals surface area contributed by atoms with Crippen molar-refractivity contribution < 1.29 is 8.85 Å². The molecule has 0 amide bonds. The summed E-state index contributed by atoms with van der Waals surface area (Å²) in [5.41, 5.74) is 0. The average molecular weight is 404 g/mol. The Hall–Kier alpha value is 0.234. The van der Waals surface area contributed by atoms with Crippen molar-refractivity contribution in [1.82, 2.24) is 14.8 Å². The van der Waals surface area contributed by atoms with E-state index in [9.17, 15) is 0 Å². The van der Waals surface area contributed by atoms with E-state index in [1.165, 1.54) is 44.2 Å². The van der Waals surface area contributed by atoms with E-state index in [2.05, 4.69) is 49.1 Å². The van der Waals surface area contributed by atoms with E-state index < -0.39 is 16.8 Å². The van der Waals surface area contributed by atoms with E-state index in [1.54, 1.807) is 0 Å². The van der Waals surface area contributed by atoms with Crippen molar-refractivity contribution in [3.8, 4) is 0 Å². The van der Waals surface area contributed by atoms with E-state index in [0.29, 0.717) is 0 Å². The van der Waals surface area contributed by atoms with Crippen LogP contribution in [0.25, 0.3) is 0 Å². The molecule has 26 heavy (non-hydrogen) atoms. The molecule has 7 heteroatoms. The van der Waals surface area contributed by atoms with Crippen molar-refractivity contribution in [2.45, 2.75) is 64.3 Å². The lowest BCUT2D eigenvalue weighted by atomic mass is 10.3. The van der Waals surface area contributed by atoms with Crippen LogP contribution in [0.15, 0.2) is 0 Å². The van der Waals surface area contributed by atoms with Gasteiger partial charge in [0, 0.05) is 46.4 Å². The maximum atomic E-state index is 6.28. The standard InChI is InChI=1S/C19H45N3O2Si2/c1-7-26(8-2,9-3)21(4)14-11-19-25(6,23-5)24-18-10-15-22-16-12-20-13-17-22/h20H,7-19H2,1-6H3. The molecule has 0 bridgehead atoms. The molecule has 0 aromatic rings. The molecule has 1 fully saturated rings. The molecule has 1 atom stereocenters. The third-order valence-electron chi connectivity index (χ3n) is 6.58. The fourth-order valence-corrected chi connectivity index (χ4v) is 9.77. The Morgan fingerprint density at radius 3 is 2.19 bits per heavy atom. The molecule has 0 saturated carbocycles. The van der Waals surface area contributed by atoms with Crippen molar-refractivity contribution in [2.24, 2.45) is 0 Å². The van der Waals surface area contributed by atoms with Gasteiger partial charge >= 0.3 is 8.56 Å². The molecule has 0 aliphatic carbocycles. The largest absolute Gasteiger partial charge is 0.398 e. The number of hydrogen-bond donors (Lipinski definition) is 1. The molecule has 1 rings (SSSR count). The Labute approximate surface area is 165 Å². The Morgan fingerprint density at radius 1 is 1.04 bits per heavy atom. The maximum absolute atomic E-state index is 6.28. The number of hydrogen-bond acceptors (Lipinski definition) is 5. The lowest BCUT2D eigenvalue weighted by Gasteiger charge is -2.38. The Bertz CT molecular complexity index is 358. The van der Waals surface area contributed by atoms with Gasteiger partial charge in [-0.3, -0.25) is 0 Å². The molecule has 1 aliphatic rings. The van der Waals surface area contributed by atoms with Crippen LogP contribution in [-0.4, -0.2) is 86.3 Å². The maximum Gasteiger partial charge on any atom is 0.334 e. The lowest BCUT2D eigenvalue weighted by Crippen LogP contribution is -2.50. The lowest BCUT2D eigenvalue weighted by molar-refractivity contribution is 0.176. The summed E-state index contributed by atoms with van der Waals surface area (Å²) < 4.78 is 14.9. The summed E-state index contributed by atoms with van der Waals surface area (Å²) in [7, 11) is 0.963. The van der Waals surface area contributed by atoms with E-state index in [4.69, 9.17) is 8.85 Å². The van der Waals surface area contributed by atoms with Gasteiger partial charge in [0.05, 0.1) is 0 Å². The molecule has 0 aromatic heterocycles. The number of nitrogens with one attached hydrogen (secondary N) is 1. The monoisotopic (exact) mass is 403 g/mol. The third-order valence-corrected chi connectivity index (χ3v) is 15.3. The molecule has 5 nitrogen and oxygen atoms in total. The van der Waals surface area contributed by atoms with Gasteiger partial charge in [0.1, 0.15) is 8.24 Å². The first-order valence-corrected chi connectivity index (χ1v) is 15.9. The second kappa shape index (κ2) is 12.6. The molecule has 1 aliphatic heterocycles. The fourth-order valence-electron chi connectivity index (χ4n) is 4.18. The van der Waals surface area contributed by atoms with Crippen molar-refractivity contribution in [3.05, 3.63) is 0 Å². The van der Waals surface area contributed by atoms with Gasteiger partial charge < -0.3 is 23.6 Å². The highest BCUT2D eigenvalue weighted by atomic mass is 28.4. The van der Waals surface area contributed by atoms with Crippen LogP contribution >= 0.6 is 0 Å².